The van der Waals surface area contributed by atoms with Crippen molar-refractivity contribution in [3.05, 3.63) is 23.8 Å². The molecule has 0 bridgehead atoms. The van der Waals surface area contributed by atoms with Gasteiger partial charge >= 0.3 is 0 Å². The molecule has 0 radical (unpaired) electrons. The van der Waals surface area contributed by atoms with Crippen LogP contribution < -0.4 is 9.47 Å². The first kappa shape index (κ1) is 17.3. The number of carbonyl (C=O) groups is 1. The van der Waals surface area contributed by atoms with Gasteiger partial charge in [0.15, 0.2) is 11.5 Å². The van der Waals surface area contributed by atoms with Crippen LogP contribution in [0.2, 0.25) is 0 Å². The Morgan fingerprint density at radius 3 is 2.57 bits per heavy atom. The van der Waals surface area contributed by atoms with Gasteiger partial charge in [0.1, 0.15) is 0 Å². The van der Waals surface area contributed by atoms with Gasteiger partial charge in [0.05, 0.1) is 13.7 Å². The number of carbonyl (C=O) groups excluding carboxylic acids is 1. The fourth-order valence-corrected chi connectivity index (χ4v) is 1.92. The average Bonchev–Trinajstić information content (AvgIpc) is 2.53. The van der Waals surface area contributed by atoms with E-state index in [9.17, 15) is 4.79 Å². The van der Waals surface area contributed by atoms with Crippen molar-refractivity contribution in [1.82, 2.24) is 4.90 Å². The van der Waals surface area contributed by atoms with Crippen LogP contribution in [0.5, 0.6) is 11.5 Å². The molecule has 0 saturated carbocycles. The lowest BCUT2D eigenvalue weighted by molar-refractivity contribution is 0.0740. The second-order valence-electron chi connectivity index (χ2n) is 5.24. The molecule has 0 spiro atoms. The highest BCUT2D eigenvalue weighted by Gasteiger charge is 2.18. The van der Waals surface area contributed by atoms with Gasteiger partial charge in [0.25, 0.3) is 5.91 Å². The SMILES string of the molecule is CCCCOc1ccc(C(=O)N(C)C(C)CC)cc1OC. The summed E-state index contributed by atoms with van der Waals surface area (Å²) in [5.41, 5.74) is 0.623. The molecule has 1 atom stereocenters. The predicted molar refractivity (Wildman–Crippen MR) is 85.2 cm³/mol. The van der Waals surface area contributed by atoms with Crippen LogP contribution in [0.15, 0.2) is 18.2 Å². The minimum Gasteiger partial charge on any atom is -0.493 e. The van der Waals surface area contributed by atoms with Crippen LogP contribution in [-0.2, 0) is 0 Å². The van der Waals surface area contributed by atoms with Crippen LogP contribution in [0, 0.1) is 0 Å². The quantitative estimate of drug-likeness (QED) is 0.685. The van der Waals surface area contributed by atoms with E-state index in [2.05, 4.69) is 13.8 Å². The van der Waals surface area contributed by atoms with Crippen molar-refractivity contribution in [2.75, 3.05) is 20.8 Å². The number of methoxy groups -OCH3 is 1. The van der Waals surface area contributed by atoms with Gasteiger partial charge in [-0.05, 0) is 38.0 Å². The van der Waals surface area contributed by atoms with Crippen molar-refractivity contribution < 1.29 is 14.3 Å². The van der Waals surface area contributed by atoms with Gasteiger partial charge in [-0.3, -0.25) is 4.79 Å². The summed E-state index contributed by atoms with van der Waals surface area (Å²) in [6, 6.07) is 5.57. The smallest absolute Gasteiger partial charge is 0.253 e. The largest absolute Gasteiger partial charge is 0.493 e. The molecule has 0 aliphatic heterocycles. The number of nitrogens with zero attached hydrogens (tertiary/aromatic N) is 1. The van der Waals surface area contributed by atoms with E-state index >= 15 is 0 Å². The molecule has 0 N–H and O–H groups in total. The van der Waals surface area contributed by atoms with Crippen molar-refractivity contribution in [2.45, 2.75) is 46.1 Å². The summed E-state index contributed by atoms with van der Waals surface area (Å²) >= 11 is 0. The third-order valence-corrected chi connectivity index (χ3v) is 3.74. The number of benzene rings is 1. The zero-order valence-electron chi connectivity index (χ0n) is 13.8. The number of amides is 1. The van der Waals surface area contributed by atoms with E-state index in [-0.39, 0.29) is 11.9 Å². The molecule has 118 valence electrons. The minimum atomic E-state index is 0.00255. The first-order chi connectivity index (χ1) is 10.0. The Hall–Kier alpha value is -1.71. The Kier molecular flexibility index (Phi) is 7.06. The molecule has 4 nitrogen and oxygen atoms in total. The predicted octanol–water partition coefficient (Wildman–Crippen LogP) is 3.74. The lowest BCUT2D eigenvalue weighted by atomic mass is 10.1. The number of hydrogen-bond acceptors (Lipinski definition) is 3. The van der Waals surface area contributed by atoms with Gasteiger partial charge in [-0.2, -0.15) is 0 Å². The highest BCUT2D eigenvalue weighted by molar-refractivity contribution is 5.95. The number of unbranched alkanes of at least 4 members (excludes halogenated alkanes) is 1. The fraction of sp³-hybridized carbons (Fsp3) is 0.588. The van der Waals surface area contributed by atoms with Gasteiger partial charge in [-0.1, -0.05) is 20.3 Å². The van der Waals surface area contributed by atoms with Crippen molar-refractivity contribution in [2.24, 2.45) is 0 Å². The van der Waals surface area contributed by atoms with Crippen molar-refractivity contribution >= 4 is 5.91 Å². The summed E-state index contributed by atoms with van der Waals surface area (Å²) < 4.78 is 11.0. The summed E-state index contributed by atoms with van der Waals surface area (Å²) in [5.74, 6) is 1.30. The van der Waals surface area contributed by atoms with Crippen LogP contribution in [0.25, 0.3) is 0 Å². The van der Waals surface area contributed by atoms with Gasteiger partial charge in [-0.15, -0.1) is 0 Å². The lowest BCUT2D eigenvalue weighted by Crippen LogP contribution is -2.34. The Balaban J connectivity index is 2.88. The Morgan fingerprint density at radius 2 is 2.00 bits per heavy atom. The number of hydrogen-bond donors (Lipinski definition) is 0. The summed E-state index contributed by atoms with van der Waals surface area (Å²) in [5, 5.41) is 0. The molecule has 1 aromatic carbocycles. The molecule has 0 heterocycles. The molecule has 4 heteroatoms. The summed E-state index contributed by atoms with van der Waals surface area (Å²) in [4.78, 5) is 14.2. The number of ether oxygens (including phenoxy) is 2. The van der Waals surface area contributed by atoms with Crippen molar-refractivity contribution in [1.29, 1.82) is 0 Å². The molecule has 1 unspecified atom stereocenters. The van der Waals surface area contributed by atoms with Gasteiger partial charge < -0.3 is 14.4 Å². The molecule has 0 aliphatic carbocycles. The molecule has 0 saturated heterocycles. The van der Waals surface area contributed by atoms with Crippen molar-refractivity contribution in [3.8, 4) is 11.5 Å². The van der Waals surface area contributed by atoms with E-state index in [4.69, 9.17) is 9.47 Å². The van der Waals surface area contributed by atoms with Crippen LogP contribution in [-0.4, -0.2) is 37.6 Å². The molecule has 0 fully saturated rings. The molecule has 1 aromatic rings. The maximum Gasteiger partial charge on any atom is 0.253 e. The third-order valence-electron chi connectivity index (χ3n) is 3.74. The van der Waals surface area contributed by atoms with Crippen LogP contribution in [0.1, 0.15) is 50.4 Å². The Bertz CT molecular complexity index is 459. The molecule has 21 heavy (non-hydrogen) atoms. The van der Waals surface area contributed by atoms with Gasteiger partial charge in [0, 0.05) is 18.7 Å². The van der Waals surface area contributed by atoms with E-state index in [1.165, 1.54) is 0 Å². The molecular formula is C17H27NO3. The Labute approximate surface area is 128 Å². The summed E-state index contributed by atoms with van der Waals surface area (Å²) in [6.07, 6.45) is 3.01. The molecule has 1 rings (SSSR count). The maximum absolute atomic E-state index is 12.4. The monoisotopic (exact) mass is 293 g/mol. The minimum absolute atomic E-state index is 0.00255. The summed E-state index contributed by atoms with van der Waals surface area (Å²) in [7, 11) is 3.42. The van der Waals surface area contributed by atoms with E-state index in [1.54, 1.807) is 24.1 Å². The average molecular weight is 293 g/mol. The first-order valence-corrected chi connectivity index (χ1v) is 7.63. The lowest BCUT2D eigenvalue weighted by Gasteiger charge is -2.24. The zero-order valence-corrected chi connectivity index (χ0v) is 13.8. The molecule has 0 aromatic heterocycles. The number of rotatable bonds is 8. The molecular weight excluding hydrogens is 266 g/mol. The van der Waals surface area contributed by atoms with Crippen LogP contribution in [0.4, 0.5) is 0 Å². The van der Waals surface area contributed by atoms with Crippen LogP contribution >= 0.6 is 0 Å². The highest BCUT2D eigenvalue weighted by atomic mass is 16.5. The zero-order chi connectivity index (χ0) is 15.8. The van der Waals surface area contributed by atoms with E-state index in [1.807, 2.05) is 20.0 Å². The van der Waals surface area contributed by atoms with Gasteiger partial charge in [0.2, 0.25) is 0 Å². The third kappa shape index (κ3) is 4.66. The highest BCUT2D eigenvalue weighted by Crippen LogP contribution is 2.29. The van der Waals surface area contributed by atoms with E-state index in [0.717, 1.165) is 19.3 Å². The molecule has 0 aliphatic rings. The van der Waals surface area contributed by atoms with Crippen molar-refractivity contribution in [3.63, 3.8) is 0 Å². The van der Waals surface area contributed by atoms with E-state index < -0.39 is 0 Å². The Morgan fingerprint density at radius 1 is 1.29 bits per heavy atom. The van der Waals surface area contributed by atoms with E-state index in [0.29, 0.717) is 23.7 Å². The molecule has 1 amide bonds. The fourth-order valence-electron chi connectivity index (χ4n) is 1.92. The summed E-state index contributed by atoms with van der Waals surface area (Å²) in [6.45, 7) is 6.89. The second-order valence-corrected chi connectivity index (χ2v) is 5.24. The second kappa shape index (κ2) is 8.55. The van der Waals surface area contributed by atoms with Gasteiger partial charge in [-0.25, -0.2) is 0 Å². The standard InChI is InChI=1S/C17H27NO3/c1-6-8-11-21-15-10-9-14(12-16(15)20-5)17(19)18(4)13(3)7-2/h9-10,12-13H,6-8,11H2,1-5H3. The normalized spacial score (nSPS) is 11.9. The first-order valence-electron chi connectivity index (χ1n) is 7.63. The topological polar surface area (TPSA) is 38.8 Å². The maximum atomic E-state index is 12.4. The van der Waals surface area contributed by atoms with Crippen LogP contribution in [0.3, 0.4) is 0 Å².